The van der Waals surface area contributed by atoms with E-state index in [2.05, 4.69) is 58.3 Å². The first-order chi connectivity index (χ1) is 12.0. The summed E-state index contributed by atoms with van der Waals surface area (Å²) in [6.07, 6.45) is 0.618. The van der Waals surface area contributed by atoms with Gasteiger partial charge in [-0.1, -0.05) is 28.1 Å². The van der Waals surface area contributed by atoms with Crippen molar-refractivity contribution in [1.29, 1.82) is 0 Å². The van der Waals surface area contributed by atoms with Crippen molar-refractivity contribution in [2.24, 2.45) is 5.10 Å². The number of amides is 1. The van der Waals surface area contributed by atoms with Crippen LogP contribution in [0.5, 0.6) is 17.2 Å². The zero-order chi connectivity index (χ0) is 18.0. The molecule has 0 aliphatic carbocycles. The van der Waals surface area contributed by atoms with Gasteiger partial charge in [-0.05, 0) is 50.1 Å². The highest BCUT2D eigenvalue weighted by atomic mass is 79.9. The number of phenols is 1. The second kappa shape index (κ2) is 7.76. The number of nitrogens with one attached hydrogen (secondary N) is 1. The predicted octanol–water partition coefficient (Wildman–Crippen LogP) is 3.97. The van der Waals surface area contributed by atoms with Crippen molar-refractivity contribution in [2.75, 3.05) is 6.61 Å². The van der Waals surface area contributed by atoms with Gasteiger partial charge in [0.25, 0.3) is 5.91 Å². The van der Waals surface area contributed by atoms with Crippen molar-refractivity contribution >= 4 is 59.9 Å². The number of phenolic OH excluding ortho intramolecular Hbond substituents is 1. The number of rotatable bonds is 3. The van der Waals surface area contributed by atoms with Gasteiger partial charge < -0.3 is 14.6 Å². The molecule has 6 nitrogen and oxygen atoms in total. The molecule has 9 heteroatoms. The van der Waals surface area contributed by atoms with Crippen LogP contribution in [0, 0.1) is 0 Å². The Labute approximate surface area is 168 Å². The van der Waals surface area contributed by atoms with Crippen molar-refractivity contribution in [3.8, 4) is 17.2 Å². The monoisotopic (exact) mass is 532 g/mol. The molecule has 0 aromatic heterocycles. The van der Waals surface area contributed by atoms with Crippen LogP contribution >= 0.6 is 47.8 Å². The molecule has 0 saturated carbocycles. The second-order valence-corrected chi connectivity index (χ2v) is 7.52. The summed E-state index contributed by atoms with van der Waals surface area (Å²) in [6.45, 7) is 0.102. The highest BCUT2D eigenvalue weighted by Crippen LogP contribution is 2.38. The second-order valence-electron chi connectivity index (χ2n) is 5.01. The van der Waals surface area contributed by atoms with Gasteiger partial charge in [0.1, 0.15) is 12.4 Å². The highest BCUT2D eigenvalue weighted by molar-refractivity contribution is 9.11. The van der Waals surface area contributed by atoms with E-state index in [4.69, 9.17) is 9.47 Å². The number of aromatic hydroxyl groups is 1. The summed E-state index contributed by atoms with van der Waals surface area (Å²) in [6, 6.07) is 8.82. The van der Waals surface area contributed by atoms with Crippen LogP contribution in [-0.2, 0) is 4.79 Å². The minimum absolute atomic E-state index is 0.0385. The normalized spacial score (nSPS) is 16.0. The van der Waals surface area contributed by atoms with Crippen LogP contribution in [0.25, 0.3) is 0 Å². The SMILES string of the molecule is O=C(NN=Cc1c(Br)cc(Br)c(O)c1Br)C1COc2ccccc2O1. The zero-order valence-electron chi connectivity index (χ0n) is 12.5. The van der Waals surface area contributed by atoms with E-state index in [0.29, 0.717) is 30.5 Å². The van der Waals surface area contributed by atoms with Gasteiger partial charge in [0.2, 0.25) is 6.10 Å². The van der Waals surface area contributed by atoms with Crippen LogP contribution in [0.15, 0.2) is 48.9 Å². The Bertz CT molecular complexity index is 858. The molecule has 2 aromatic carbocycles. The van der Waals surface area contributed by atoms with E-state index in [9.17, 15) is 9.90 Å². The fourth-order valence-corrected chi connectivity index (χ4v) is 4.42. The molecule has 1 aliphatic heterocycles. The fourth-order valence-electron chi connectivity index (χ4n) is 2.09. The molecule has 130 valence electrons. The van der Waals surface area contributed by atoms with Gasteiger partial charge in [0.05, 0.1) is 15.2 Å². The maximum Gasteiger partial charge on any atom is 0.284 e. The number of carbonyl (C=O) groups is 1. The lowest BCUT2D eigenvalue weighted by molar-refractivity contribution is -0.130. The number of hydrogen-bond acceptors (Lipinski definition) is 5. The Morgan fingerprint density at radius 3 is 2.72 bits per heavy atom. The molecule has 2 aromatic rings. The van der Waals surface area contributed by atoms with Gasteiger partial charge >= 0.3 is 0 Å². The average molecular weight is 535 g/mol. The zero-order valence-corrected chi connectivity index (χ0v) is 17.3. The molecule has 1 aliphatic rings. The van der Waals surface area contributed by atoms with Gasteiger partial charge in [-0.15, -0.1) is 0 Å². The lowest BCUT2D eigenvalue weighted by Gasteiger charge is -2.24. The molecular weight excluding hydrogens is 524 g/mol. The maximum atomic E-state index is 12.2. The van der Waals surface area contributed by atoms with E-state index in [1.807, 2.05) is 6.07 Å². The summed E-state index contributed by atoms with van der Waals surface area (Å²) in [5.41, 5.74) is 2.99. The fraction of sp³-hybridized carbons (Fsp3) is 0.125. The first-order valence-electron chi connectivity index (χ1n) is 7.05. The number of hydrazone groups is 1. The molecule has 1 heterocycles. The van der Waals surface area contributed by atoms with Crippen LogP contribution in [0.2, 0.25) is 0 Å². The van der Waals surface area contributed by atoms with Crippen molar-refractivity contribution < 1.29 is 19.4 Å². The molecule has 0 spiro atoms. The molecule has 0 fully saturated rings. The molecule has 25 heavy (non-hydrogen) atoms. The van der Waals surface area contributed by atoms with Crippen molar-refractivity contribution in [2.45, 2.75) is 6.10 Å². The van der Waals surface area contributed by atoms with Crippen LogP contribution in [0.4, 0.5) is 0 Å². The van der Waals surface area contributed by atoms with E-state index in [1.54, 1.807) is 24.3 Å². The molecule has 3 rings (SSSR count). The third kappa shape index (κ3) is 3.99. The van der Waals surface area contributed by atoms with Crippen molar-refractivity contribution in [3.05, 3.63) is 49.3 Å². The Kier molecular flexibility index (Phi) is 5.65. The summed E-state index contributed by atoms with van der Waals surface area (Å²) >= 11 is 9.89. The highest BCUT2D eigenvalue weighted by Gasteiger charge is 2.27. The predicted molar refractivity (Wildman–Crippen MR) is 103 cm³/mol. The largest absolute Gasteiger partial charge is 0.506 e. The number of benzene rings is 2. The van der Waals surface area contributed by atoms with Crippen LogP contribution < -0.4 is 14.9 Å². The lowest BCUT2D eigenvalue weighted by Crippen LogP contribution is -2.42. The first kappa shape index (κ1) is 18.2. The molecular formula is C16H11Br3N2O4. The average Bonchev–Trinajstić information content (AvgIpc) is 2.62. The third-order valence-electron chi connectivity index (χ3n) is 3.35. The minimum Gasteiger partial charge on any atom is -0.506 e. The minimum atomic E-state index is -0.794. The number of halogens is 3. The van der Waals surface area contributed by atoms with Gasteiger partial charge in [0, 0.05) is 10.0 Å². The maximum absolute atomic E-state index is 12.2. The van der Waals surface area contributed by atoms with Crippen LogP contribution in [0.3, 0.4) is 0 Å². The molecule has 0 radical (unpaired) electrons. The van der Waals surface area contributed by atoms with Gasteiger partial charge in [-0.3, -0.25) is 4.79 Å². The van der Waals surface area contributed by atoms with Gasteiger partial charge in [-0.25, -0.2) is 5.43 Å². The smallest absolute Gasteiger partial charge is 0.284 e. The Balaban J connectivity index is 1.67. The topological polar surface area (TPSA) is 80.2 Å². The molecule has 1 amide bonds. The van der Waals surface area contributed by atoms with Crippen molar-refractivity contribution in [3.63, 3.8) is 0 Å². The van der Waals surface area contributed by atoms with Crippen LogP contribution in [-0.4, -0.2) is 29.9 Å². The van der Waals surface area contributed by atoms with E-state index < -0.39 is 12.0 Å². The summed E-state index contributed by atoms with van der Waals surface area (Å²) < 4.78 is 12.8. The van der Waals surface area contributed by atoms with Gasteiger partial charge in [-0.2, -0.15) is 5.10 Å². The van der Waals surface area contributed by atoms with E-state index in [1.165, 1.54) is 6.21 Å². The number of ether oxygens (including phenoxy) is 2. The number of nitrogens with zero attached hydrogens (tertiary/aromatic N) is 1. The van der Waals surface area contributed by atoms with Gasteiger partial charge in [0.15, 0.2) is 11.5 Å². The quantitative estimate of drug-likeness (QED) is 0.461. The molecule has 1 atom stereocenters. The van der Waals surface area contributed by atoms with Crippen LogP contribution in [0.1, 0.15) is 5.56 Å². The lowest BCUT2D eigenvalue weighted by atomic mass is 10.2. The van der Waals surface area contributed by atoms with E-state index in [-0.39, 0.29) is 12.4 Å². The number of para-hydroxylation sites is 2. The number of fused-ring (bicyclic) bond motifs is 1. The summed E-state index contributed by atoms with van der Waals surface area (Å²) in [4.78, 5) is 12.2. The standard InChI is InChI=1S/C16H11Br3N2O4/c17-9-5-10(18)15(22)14(19)8(9)6-20-21-16(23)13-7-24-11-3-1-2-4-12(11)25-13/h1-6,13,22H,7H2,(H,21,23). The Hall–Kier alpha value is -1.58. The molecule has 0 saturated heterocycles. The number of hydrogen-bond donors (Lipinski definition) is 2. The molecule has 0 bridgehead atoms. The first-order valence-corrected chi connectivity index (χ1v) is 9.43. The van der Waals surface area contributed by atoms with E-state index >= 15 is 0 Å². The molecule has 2 N–H and O–H groups in total. The molecule has 1 unspecified atom stereocenters. The Morgan fingerprint density at radius 1 is 1.24 bits per heavy atom. The number of carbonyl (C=O) groups excluding carboxylic acids is 1. The third-order valence-corrected chi connectivity index (χ3v) is 5.41. The summed E-state index contributed by atoms with van der Waals surface area (Å²) in [5, 5.41) is 13.8. The summed E-state index contributed by atoms with van der Waals surface area (Å²) in [7, 11) is 0. The Morgan fingerprint density at radius 2 is 1.96 bits per heavy atom. The van der Waals surface area contributed by atoms with Crippen molar-refractivity contribution in [1.82, 2.24) is 5.43 Å². The van der Waals surface area contributed by atoms with E-state index in [0.717, 1.165) is 0 Å². The summed E-state index contributed by atoms with van der Waals surface area (Å²) in [5.74, 6) is 0.727.